The van der Waals surface area contributed by atoms with E-state index in [1.807, 2.05) is 5.48 Å². The predicted molar refractivity (Wildman–Crippen MR) is 47.7 cm³/mol. The standard InChI is InChI=1S/C7H11NO4S/c1-3-7(11)12-8-6(10)4-13-5(2)9/h3-4H2,1-2H3,(H,8,10). The van der Waals surface area contributed by atoms with Crippen molar-refractivity contribution in [1.29, 1.82) is 0 Å². The molecule has 13 heavy (non-hydrogen) atoms. The highest BCUT2D eigenvalue weighted by Crippen LogP contribution is 1.99. The fraction of sp³-hybridized carbons (Fsp3) is 0.571. The number of hydrogen-bond acceptors (Lipinski definition) is 5. The highest BCUT2D eigenvalue weighted by molar-refractivity contribution is 8.14. The number of rotatable bonds is 3. The number of nitrogens with one attached hydrogen (secondary N) is 1. The molecule has 1 N–H and O–H groups in total. The monoisotopic (exact) mass is 205 g/mol. The lowest BCUT2D eigenvalue weighted by molar-refractivity contribution is -0.157. The minimum Gasteiger partial charge on any atom is -0.341 e. The van der Waals surface area contributed by atoms with Crippen molar-refractivity contribution in [3.05, 3.63) is 0 Å². The summed E-state index contributed by atoms with van der Waals surface area (Å²) in [6.45, 7) is 2.97. The van der Waals surface area contributed by atoms with Gasteiger partial charge in [0.25, 0.3) is 5.91 Å². The van der Waals surface area contributed by atoms with Crippen molar-refractivity contribution >= 4 is 28.8 Å². The second-order valence-corrected chi connectivity index (χ2v) is 3.29. The van der Waals surface area contributed by atoms with Crippen LogP contribution in [0.3, 0.4) is 0 Å². The molecular formula is C7H11NO4S. The van der Waals surface area contributed by atoms with Gasteiger partial charge >= 0.3 is 5.97 Å². The first-order chi connectivity index (χ1) is 6.06. The van der Waals surface area contributed by atoms with E-state index in [4.69, 9.17) is 0 Å². The van der Waals surface area contributed by atoms with Crippen LogP contribution in [-0.4, -0.2) is 22.7 Å². The molecule has 0 saturated heterocycles. The summed E-state index contributed by atoms with van der Waals surface area (Å²) in [6.07, 6.45) is 0.195. The lowest BCUT2D eigenvalue weighted by Crippen LogP contribution is -2.28. The van der Waals surface area contributed by atoms with Crippen LogP contribution in [-0.2, 0) is 19.2 Å². The van der Waals surface area contributed by atoms with E-state index in [0.29, 0.717) is 0 Å². The molecule has 0 aliphatic heterocycles. The molecule has 0 rings (SSSR count). The van der Waals surface area contributed by atoms with Crippen LogP contribution in [0, 0.1) is 0 Å². The maximum absolute atomic E-state index is 10.8. The smallest absolute Gasteiger partial charge is 0.331 e. The molecule has 5 nitrogen and oxygen atoms in total. The average molecular weight is 205 g/mol. The summed E-state index contributed by atoms with van der Waals surface area (Å²) in [7, 11) is 0. The van der Waals surface area contributed by atoms with Gasteiger partial charge in [-0.1, -0.05) is 18.7 Å². The Morgan fingerprint density at radius 3 is 2.46 bits per heavy atom. The van der Waals surface area contributed by atoms with Crippen molar-refractivity contribution in [2.75, 3.05) is 5.75 Å². The molecule has 0 fully saturated rings. The first kappa shape index (κ1) is 12.0. The summed E-state index contributed by atoms with van der Waals surface area (Å²) in [5.41, 5.74) is 1.93. The Hall–Kier alpha value is -1.04. The van der Waals surface area contributed by atoms with E-state index in [1.165, 1.54) is 6.92 Å². The number of carbonyl (C=O) groups excluding carboxylic acids is 3. The quantitative estimate of drug-likeness (QED) is 0.669. The van der Waals surface area contributed by atoms with Gasteiger partial charge in [-0.15, -0.1) is 0 Å². The summed E-state index contributed by atoms with van der Waals surface area (Å²) in [6, 6.07) is 0. The van der Waals surface area contributed by atoms with Crippen molar-refractivity contribution in [1.82, 2.24) is 5.48 Å². The number of amides is 1. The average Bonchev–Trinajstić information content (AvgIpc) is 2.10. The fourth-order valence-electron chi connectivity index (χ4n) is 0.383. The van der Waals surface area contributed by atoms with E-state index >= 15 is 0 Å². The van der Waals surface area contributed by atoms with E-state index in [1.54, 1.807) is 6.92 Å². The van der Waals surface area contributed by atoms with Crippen molar-refractivity contribution < 1.29 is 19.2 Å². The van der Waals surface area contributed by atoms with Gasteiger partial charge < -0.3 is 4.84 Å². The van der Waals surface area contributed by atoms with Crippen LogP contribution >= 0.6 is 11.8 Å². The lowest BCUT2D eigenvalue weighted by atomic mass is 10.5. The SMILES string of the molecule is CCC(=O)ONC(=O)CSC(C)=O. The highest BCUT2D eigenvalue weighted by atomic mass is 32.2. The Labute approximate surface area is 80.2 Å². The molecule has 1 amide bonds. The van der Waals surface area contributed by atoms with Gasteiger partial charge in [-0.3, -0.25) is 9.59 Å². The van der Waals surface area contributed by atoms with E-state index < -0.39 is 11.9 Å². The molecule has 0 spiro atoms. The van der Waals surface area contributed by atoms with E-state index in [2.05, 4.69) is 4.84 Å². The van der Waals surface area contributed by atoms with E-state index in [-0.39, 0.29) is 17.3 Å². The largest absolute Gasteiger partial charge is 0.341 e. The van der Waals surface area contributed by atoms with Gasteiger partial charge in [0.2, 0.25) is 0 Å². The second kappa shape index (κ2) is 6.47. The summed E-state index contributed by atoms with van der Waals surface area (Å²) in [4.78, 5) is 36.1. The van der Waals surface area contributed by atoms with Crippen LogP contribution in [0.15, 0.2) is 0 Å². The van der Waals surface area contributed by atoms with E-state index in [9.17, 15) is 14.4 Å². The number of thioether (sulfide) groups is 1. The van der Waals surface area contributed by atoms with Crippen LogP contribution in [0.2, 0.25) is 0 Å². The van der Waals surface area contributed by atoms with Gasteiger partial charge in [-0.05, 0) is 0 Å². The maximum Gasteiger partial charge on any atom is 0.331 e. The molecular weight excluding hydrogens is 194 g/mol. The molecule has 0 heterocycles. The number of carbonyl (C=O) groups is 3. The Kier molecular flexibility index (Phi) is 5.96. The zero-order valence-corrected chi connectivity index (χ0v) is 8.27. The van der Waals surface area contributed by atoms with Crippen molar-refractivity contribution in [2.24, 2.45) is 0 Å². The van der Waals surface area contributed by atoms with Crippen molar-refractivity contribution in [2.45, 2.75) is 20.3 Å². The molecule has 0 aliphatic carbocycles. The van der Waals surface area contributed by atoms with Crippen LogP contribution in [0.1, 0.15) is 20.3 Å². The molecule has 74 valence electrons. The molecule has 0 aromatic rings. The van der Waals surface area contributed by atoms with Crippen LogP contribution in [0.5, 0.6) is 0 Å². The summed E-state index contributed by atoms with van der Waals surface area (Å²) >= 11 is 0.856. The lowest BCUT2D eigenvalue weighted by Gasteiger charge is -2.02. The molecule has 0 aromatic heterocycles. The minimum atomic E-state index is -0.513. The fourth-order valence-corrected chi connectivity index (χ4v) is 0.776. The van der Waals surface area contributed by atoms with Gasteiger partial charge in [-0.2, -0.15) is 5.48 Å². The third-order valence-electron chi connectivity index (χ3n) is 0.974. The van der Waals surface area contributed by atoms with E-state index in [0.717, 1.165) is 11.8 Å². The second-order valence-electron chi connectivity index (χ2n) is 2.13. The molecule has 0 unspecified atom stereocenters. The normalized spacial score (nSPS) is 9.08. The molecule has 0 atom stereocenters. The molecule has 6 heteroatoms. The van der Waals surface area contributed by atoms with Crippen molar-refractivity contribution in [3.63, 3.8) is 0 Å². The Morgan fingerprint density at radius 2 is 2.00 bits per heavy atom. The van der Waals surface area contributed by atoms with Crippen LogP contribution < -0.4 is 5.48 Å². The highest BCUT2D eigenvalue weighted by Gasteiger charge is 2.05. The van der Waals surface area contributed by atoms with Gasteiger partial charge in [0.05, 0.1) is 5.75 Å². The van der Waals surface area contributed by atoms with Gasteiger partial charge in [0, 0.05) is 13.3 Å². The zero-order valence-electron chi connectivity index (χ0n) is 7.46. The summed E-state index contributed by atoms with van der Waals surface area (Å²) in [5.74, 6) is -1.05. The third kappa shape index (κ3) is 7.32. The summed E-state index contributed by atoms with van der Waals surface area (Å²) in [5, 5.41) is -0.156. The molecule has 0 bridgehead atoms. The number of hydrogen-bond donors (Lipinski definition) is 1. The van der Waals surface area contributed by atoms with Gasteiger partial charge in [-0.25, -0.2) is 4.79 Å². The van der Waals surface area contributed by atoms with Gasteiger partial charge in [0.15, 0.2) is 5.12 Å². The third-order valence-corrected chi connectivity index (χ3v) is 1.79. The maximum atomic E-state index is 10.8. The Morgan fingerprint density at radius 1 is 1.38 bits per heavy atom. The molecule has 0 aromatic carbocycles. The van der Waals surface area contributed by atoms with Crippen LogP contribution in [0.25, 0.3) is 0 Å². The Bertz CT molecular complexity index is 217. The zero-order chi connectivity index (χ0) is 10.3. The number of hydroxylamine groups is 1. The molecule has 0 radical (unpaired) electrons. The molecule has 0 aliphatic rings. The predicted octanol–water partition coefficient (Wildman–Crippen LogP) is 0.250. The van der Waals surface area contributed by atoms with Gasteiger partial charge in [0.1, 0.15) is 0 Å². The van der Waals surface area contributed by atoms with Crippen molar-refractivity contribution in [3.8, 4) is 0 Å². The molecule has 0 saturated carbocycles. The Balaban J connectivity index is 3.52. The summed E-state index contributed by atoms with van der Waals surface area (Å²) < 4.78 is 0. The first-order valence-electron chi connectivity index (χ1n) is 3.68. The first-order valence-corrected chi connectivity index (χ1v) is 4.66. The van der Waals surface area contributed by atoms with Crippen LogP contribution in [0.4, 0.5) is 0 Å². The topological polar surface area (TPSA) is 72.5 Å². The minimum absolute atomic E-state index is 0.0354.